The Morgan fingerprint density at radius 1 is 1.24 bits per heavy atom. The van der Waals surface area contributed by atoms with E-state index in [0.29, 0.717) is 5.41 Å². The molecule has 0 aliphatic heterocycles. The Morgan fingerprint density at radius 2 is 1.88 bits per heavy atom. The minimum Gasteiger partial charge on any atom is -0.314 e. The van der Waals surface area contributed by atoms with Crippen molar-refractivity contribution in [3.63, 3.8) is 0 Å². The molecule has 0 aromatic heterocycles. The number of rotatable bonds is 5. The molecule has 1 N–H and O–H groups in total. The molecule has 0 aromatic carbocycles. The van der Waals surface area contributed by atoms with Crippen molar-refractivity contribution < 1.29 is 0 Å². The van der Waals surface area contributed by atoms with Gasteiger partial charge in [0.05, 0.1) is 0 Å². The lowest BCUT2D eigenvalue weighted by Crippen LogP contribution is -2.48. The third-order valence-corrected chi connectivity index (χ3v) is 5.42. The van der Waals surface area contributed by atoms with Crippen molar-refractivity contribution in [2.45, 2.75) is 73.3 Å². The van der Waals surface area contributed by atoms with E-state index in [1.807, 2.05) is 0 Å². The maximum absolute atomic E-state index is 3.75. The molecule has 102 valence electrons. The van der Waals surface area contributed by atoms with Gasteiger partial charge in [0, 0.05) is 6.04 Å². The molecule has 1 aliphatic carbocycles. The molecule has 1 saturated carbocycles. The van der Waals surface area contributed by atoms with Crippen molar-refractivity contribution in [2.75, 3.05) is 6.54 Å². The van der Waals surface area contributed by atoms with Gasteiger partial charge in [0.2, 0.25) is 0 Å². The highest BCUT2D eigenvalue weighted by atomic mass is 14.9. The SMILES string of the molecule is CCNC1CC(C)CCC1C(C)(C)C(C)CC. The summed E-state index contributed by atoms with van der Waals surface area (Å²) >= 11 is 0. The van der Waals surface area contributed by atoms with E-state index in [1.54, 1.807) is 0 Å². The highest BCUT2D eigenvalue weighted by molar-refractivity contribution is 4.93. The van der Waals surface area contributed by atoms with E-state index in [0.717, 1.165) is 30.3 Å². The number of hydrogen-bond acceptors (Lipinski definition) is 1. The summed E-state index contributed by atoms with van der Waals surface area (Å²) in [5.74, 6) is 2.58. The Balaban J connectivity index is 2.77. The van der Waals surface area contributed by atoms with Crippen LogP contribution in [0.2, 0.25) is 0 Å². The van der Waals surface area contributed by atoms with Crippen LogP contribution < -0.4 is 5.32 Å². The van der Waals surface area contributed by atoms with E-state index in [4.69, 9.17) is 0 Å². The third kappa shape index (κ3) is 3.47. The summed E-state index contributed by atoms with van der Waals surface area (Å²) < 4.78 is 0. The molecule has 0 radical (unpaired) electrons. The smallest absolute Gasteiger partial charge is 0.0103 e. The highest BCUT2D eigenvalue weighted by Crippen LogP contribution is 2.45. The van der Waals surface area contributed by atoms with Crippen molar-refractivity contribution in [3.8, 4) is 0 Å². The Bertz CT molecular complexity index is 222. The van der Waals surface area contributed by atoms with Gasteiger partial charge in [-0.3, -0.25) is 0 Å². The Morgan fingerprint density at radius 3 is 2.41 bits per heavy atom. The Hall–Kier alpha value is -0.0400. The molecule has 17 heavy (non-hydrogen) atoms. The molecule has 1 fully saturated rings. The third-order valence-electron chi connectivity index (χ3n) is 5.42. The van der Waals surface area contributed by atoms with Crippen molar-refractivity contribution >= 4 is 0 Å². The molecule has 0 spiro atoms. The Labute approximate surface area is 109 Å². The van der Waals surface area contributed by atoms with E-state index in [2.05, 4.69) is 46.9 Å². The van der Waals surface area contributed by atoms with Crippen LogP contribution in [0.25, 0.3) is 0 Å². The molecular formula is C16H33N. The molecule has 0 amide bonds. The van der Waals surface area contributed by atoms with Gasteiger partial charge in [0.1, 0.15) is 0 Å². The summed E-state index contributed by atoms with van der Waals surface area (Å²) in [7, 11) is 0. The lowest BCUT2D eigenvalue weighted by Gasteiger charge is -2.47. The van der Waals surface area contributed by atoms with Gasteiger partial charge in [-0.2, -0.15) is 0 Å². The molecule has 4 atom stereocenters. The summed E-state index contributed by atoms with van der Waals surface area (Å²) in [5.41, 5.74) is 0.474. The van der Waals surface area contributed by atoms with Gasteiger partial charge in [-0.05, 0) is 42.6 Å². The van der Waals surface area contributed by atoms with E-state index in [-0.39, 0.29) is 0 Å². The molecule has 0 heterocycles. The van der Waals surface area contributed by atoms with Gasteiger partial charge in [0.25, 0.3) is 0 Å². The fourth-order valence-electron chi connectivity index (χ4n) is 3.65. The van der Waals surface area contributed by atoms with Gasteiger partial charge >= 0.3 is 0 Å². The summed E-state index contributed by atoms with van der Waals surface area (Å²) in [4.78, 5) is 0. The van der Waals surface area contributed by atoms with Crippen LogP contribution >= 0.6 is 0 Å². The first-order valence-electron chi connectivity index (χ1n) is 7.66. The summed E-state index contributed by atoms with van der Waals surface area (Å²) in [6, 6.07) is 0.743. The van der Waals surface area contributed by atoms with E-state index in [9.17, 15) is 0 Å². The second kappa shape index (κ2) is 6.22. The predicted molar refractivity (Wildman–Crippen MR) is 77.2 cm³/mol. The van der Waals surface area contributed by atoms with Crippen molar-refractivity contribution in [1.82, 2.24) is 5.32 Å². The van der Waals surface area contributed by atoms with E-state index in [1.165, 1.54) is 25.7 Å². The van der Waals surface area contributed by atoms with Gasteiger partial charge in [-0.25, -0.2) is 0 Å². The van der Waals surface area contributed by atoms with E-state index < -0.39 is 0 Å². The van der Waals surface area contributed by atoms with Crippen LogP contribution in [0.1, 0.15) is 67.2 Å². The normalized spacial score (nSPS) is 32.5. The number of nitrogens with one attached hydrogen (secondary N) is 1. The van der Waals surface area contributed by atoms with Crippen molar-refractivity contribution in [2.24, 2.45) is 23.2 Å². The summed E-state index contributed by atoms with van der Waals surface area (Å²) in [6.07, 6.45) is 5.51. The molecular weight excluding hydrogens is 206 g/mol. The second-order valence-corrected chi connectivity index (χ2v) is 6.82. The lowest BCUT2D eigenvalue weighted by atomic mass is 9.61. The monoisotopic (exact) mass is 239 g/mol. The minimum absolute atomic E-state index is 0.474. The molecule has 1 aliphatic rings. The van der Waals surface area contributed by atoms with Gasteiger partial charge in [-0.15, -0.1) is 0 Å². The molecule has 0 aromatic rings. The fraction of sp³-hybridized carbons (Fsp3) is 1.00. The zero-order valence-electron chi connectivity index (χ0n) is 12.8. The van der Waals surface area contributed by atoms with E-state index >= 15 is 0 Å². The topological polar surface area (TPSA) is 12.0 Å². The lowest BCUT2D eigenvalue weighted by molar-refractivity contribution is 0.0481. The second-order valence-electron chi connectivity index (χ2n) is 6.82. The first-order valence-corrected chi connectivity index (χ1v) is 7.66. The maximum Gasteiger partial charge on any atom is 0.0103 e. The molecule has 1 heteroatoms. The molecule has 4 unspecified atom stereocenters. The van der Waals surface area contributed by atoms with Crippen LogP contribution in [0.3, 0.4) is 0 Å². The molecule has 0 saturated heterocycles. The van der Waals surface area contributed by atoms with Crippen molar-refractivity contribution in [1.29, 1.82) is 0 Å². The zero-order chi connectivity index (χ0) is 13.1. The van der Waals surface area contributed by atoms with Crippen LogP contribution in [0, 0.1) is 23.2 Å². The molecule has 0 bridgehead atoms. The van der Waals surface area contributed by atoms with Gasteiger partial charge in [-0.1, -0.05) is 54.4 Å². The average Bonchev–Trinajstić information content (AvgIpc) is 2.28. The predicted octanol–water partition coefficient (Wildman–Crippen LogP) is 4.47. The van der Waals surface area contributed by atoms with Crippen LogP contribution in [0.15, 0.2) is 0 Å². The van der Waals surface area contributed by atoms with Crippen LogP contribution in [-0.4, -0.2) is 12.6 Å². The van der Waals surface area contributed by atoms with Crippen molar-refractivity contribution in [3.05, 3.63) is 0 Å². The zero-order valence-corrected chi connectivity index (χ0v) is 12.8. The standard InChI is InChI=1S/C16H33N/c1-7-13(4)16(5,6)14-10-9-12(3)11-15(14)17-8-2/h12-15,17H,7-11H2,1-6H3. The average molecular weight is 239 g/mol. The largest absolute Gasteiger partial charge is 0.314 e. The maximum atomic E-state index is 3.75. The number of hydrogen-bond donors (Lipinski definition) is 1. The summed E-state index contributed by atoms with van der Waals surface area (Å²) in [5, 5.41) is 3.75. The van der Waals surface area contributed by atoms with Crippen LogP contribution in [-0.2, 0) is 0 Å². The molecule has 1 nitrogen and oxygen atoms in total. The van der Waals surface area contributed by atoms with Gasteiger partial charge < -0.3 is 5.32 Å². The van der Waals surface area contributed by atoms with Gasteiger partial charge in [0.15, 0.2) is 0 Å². The first kappa shape index (κ1) is 15.0. The Kier molecular flexibility index (Phi) is 5.50. The van der Waals surface area contributed by atoms with Crippen LogP contribution in [0.4, 0.5) is 0 Å². The highest BCUT2D eigenvalue weighted by Gasteiger charge is 2.40. The summed E-state index contributed by atoms with van der Waals surface area (Å²) in [6.45, 7) is 15.5. The molecule has 1 rings (SSSR count). The first-order chi connectivity index (χ1) is 7.93. The fourth-order valence-corrected chi connectivity index (χ4v) is 3.65. The minimum atomic E-state index is 0.474. The quantitative estimate of drug-likeness (QED) is 0.746. The van der Waals surface area contributed by atoms with Crippen LogP contribution in [0.5, 0.6) is 0 Å².